The number of rotatable bonds is 4. The minimum absolute atomic E-state index is 0.0983. The molecule has 0 aliphatic rings. The molecule has 0 bridgehead atoms. The van der Waals surface area contributed by atoms with Crippen molar-refractivity contribution in [3.05, 3.63) is 53.0 Å². The molecule has 2 aromatic rings. The van der Waals surface area contributed by atoms with Gasteiger partial charge in [0.2, 0.25) is 5.76 Å². The number of hydrogen-bond acceptors (Lipinski definition) is 3. The molecule has 1 atom stereocenters. The van der Waals surface area contributed by atoms with Gasteiger partial charge < -0.3 is 9.52 Å². The number of benzene rings is 1. The summed E-state index contributed by atoms with van der Waals surface area (Å²) in [5.74, 6) is -1.66. The lowest BCUT2D eigenvalue weighted by atomic mass is 10.1. The Kier molecular flexibility index (Phi) is 3.80. The van der Waals surface area contributed by atoms with Crippen LogP contribution in [-0.2, 0) is 16.6 Å². The first-order valence-electron chi connectivity index (χ1n) is 5.44. The van der Waals surface area contributed by atoms with E-state index in [-0.39, 0.29) is 22.4 Å². The Morgan fingerprint density at radius 3 is 2.68 bits per heavy atom. The lowest BCUT2D eigenvalue weighted by Gasteiger charge is -2.04. The van der Waals surface area contributed by atoms with Gasteiger partial charge >= 0.3 is 5.97 Å². The smallest absolute Gasteiger partial charge is 0.371 e. The molecule has 0 spiro atoms. The molecule has 0 saturated heterocycles. The van der Waals surface area contributed by atoms with Gasteiger partial charge in [-0.1, -0.05) is 6.07 Å². The molecule has 2 rings (SSSR count). The Morgan fingerprint density at radius 1 is 1.37 bits per heavy atom. The Morgan fingerprint density at radius 2 is 2.11 bits per heavy atom. The number of aromatic carboxylic acids is 1. The van der Waals surface area contributed by atoms with E-state index >= 15 is 0 Å². The van der Waals surface area contributed by atoms with Crippen molar-refractivity contribution in [1.29, 1.82) is 0 Å². The van der Waals surface area contributed by atoms with E-state index in [2.05, 4.69) is 0 Å². The number of hydrogen-bond donors (Lipinski definition) is 1. The van der Waals surface area contributed by atoms with Crippen LogP contribution in [0.15, 0.2) is 39.8 Å². The summed E-state index contributed by atoms with van der Waals surface area (Å²) in [6.45, 7) is 1.72. The van der Waals surface area contributed by atoms with Gasteiger partial charge in [0, 0.05) is 0 Å². The van der Waals surface area contributed by atoms with Crippen molar-refractivity contribution in [2.75, 3.05) is 0 Å². The van der Waals surface area contributed by atoms with E-state index in [1.807, 2.05) is 0 Å². The second-order valence-electron chi connectivity index (χ2n) is 3.98. The summed E-state index contributed by atoms with van der Waals surface area (Å²) >= 11 is 0. The molecule has 0 saturated carbocycles. The van der Waals surface area contributed by atoms with Crippen molar-refractivity contribution in [3.63, 3.8) is 0 Å². The van der Waals surface area contributed by atoms with Crippen LogP contribution >= 0.6 is 0 Å². The third-order valence-electron chi connectivity index (χ3n) is 2.61. The Labute approximate surface area is 111 Å². The molecule has 0 aliphatic heterocycles. The van der Waals surface area contributed by atoms with E-state index < -0.39 is 16.8 Å². The predicted molar refractivity (Wildman–Crippen MR) is 66.9 cm³/mol. The van der Waals surface area contributed by atoms with Crippen molar-refractivity contribution in [3.8, 4) is 0 Å². The van der Waals surface area contributed by atoms with E-state index in [4.69, 9.17) is 9.52 Å². The molecule has 1 heterocycles. The fourth-order valence-electron chi connectivity index (χ4n) is 1.59. The van der Waals surface area contributed by atoms with Crippen molar-refractivity contribution >= 4 is 16.8 Å². The van der Waals surface area contributed by atoms with Crippen molar-refractivity contribution in [1.82, 2.24) is 0 Å². The van der Waals surface area contributed by atoms with Gasteiger partial charge in [0.05, 0.1) is 16.6 Å². The summed E-state index contributed by atoms with van der Waals surface area (Å²) in [6.07, 6.45) is 0. The van der Waals surface area contributed by atoms with Gasteiger partial charge in [-0.15, -0.1) is 0 Å². The van der Waals surface area contributed by atoms with Gasteiger partial charge in [0.15, 0.2) is 5.09 Å². The standard InChI is InChI=1S/C13H11FO4S/c1-8-6-10(14)3-2-9(8)7-19(17)12-5-4-11(18-12)13(15)16/h2-6H,7H2,1H3,(H,15,16). The molecule has 1 aromatic heterocycles. The molecule has 6 heteroatoms. The molecule has 1 aromatic carbocycles. The van der Waals surface area contributed by atoms with Gasteiger partial charge in [-0.2, -0.15) is 0 Å². The van der Waals surface area contributed by atoms with Crippen LogP contribution < -0.4 is 0 Å². The van der Waals surface area contributed by atoms with Crippen molar-refractivity contribution in [2.45, 2.75) is 17.8 Å². The van der Waals surface area contributed by atoms with Crippen molar-refractivity contribution < 1.29 is 22.9 Å². The topological polar surface area (TPSA) is 67.5 Å². The molecule has 4 nitrogen and oxygen atoms in total. The average molecular weight is 282 g/mol. The van der Waals surface area contributed by atoms with E-state index in [1.165, 1.54) is 24.3 Å². The quantitative estimate of drug-likeness (QED) is 0.936. The molecular weight excluding hydrogens is 271 g/mol. The fourth-order valence-corrected chi connectivity index (χ4v) is 2.74. The molecule has 1 unspecified atom stereocenters. The van der Waals surface area contributed by atoms with Crippen LogP contribution in [0.25, 0.3) is 0 Å². The summed E-state index contributed by atoms with van der Waals surface area (Å²) in [6, 6.07) is 6.84. The second kappa shape index (κ2) is 5.36. The predicted octanol–water partition coefficient (Wildman–Crippen LogP) is 2.73. The van der Waals surface area contributed by atoms with Crippen LogP contribution in [0.2, 0.25) is 0 Å². The number of halogens is 1. The number of carbonyl (C=O) groups is 1. The first-order chi connectivity index (χ1) is 8.97. The molecule has 0 amide bonds. The van der Waals surface area contributed by atoms with Crippen LogP contribution in [0, 0.1) is 12.7 Å². The lowest BCUT2D eigenvalue weighted by molar-refractivity contribution is 0.0656. The summed E-state index contributed by atoms with van der Waals surface area (Å²) in [5, 5.41) is 8.81. The molecule has 100 valence electrons. The maximum absolute atomic E-state index is 12.9. The van der Waals surface area contributed by atoms with Crippen LogP contribution in [0.5, 0.6) is 0 Å². The highest BCUT2D eigenvalue weighted by Gasteiger charge is 2.15. The van der Waals surface area contributed by atoms with E-state index in [0.29, 0.717) is 5.56 Å². The zero-order valence-electron chi connectivity index (χ0n) is 10.1. The minimum Gasteiger partial charge on any atom is -0.475 e. The summed E-state index contributed by atoms with van der Waals surface area (Å²) in [7, 11) is -1.50. The van der Waals surface area contributed by atoms with Gasteiger partial charge in [-0.05, 0) is 42.3 Å². The molecule has 19 heavy (non-hydrogen) atoms. The summed E-state index contributed by atoms with van der Waals surface area (Å²) in [5.41, 5.74) is 1.42. The van der Waals surface area contributed by atoms with Gasteiger partial charge in [0.1, 0.15) is 5.82 Å². The summed E-state index contributed by atoms with van der Waals surface area (Å²) < 4.78 is 29.9. The third-order valence-corrected chi connectivity index (χ3v) is 3.85. The maximum atomic E-state index is 12.9. The third kappa shape index (κ3) is 3.08. The van der Waals surface area contributed by atoms with Crippen LogP contribution in [0.1, 0.15) is 21.7 Å². The Balaban J connectivity index is 2.18. The van der Waals surface area contributed by atoms with Crippen LogP contribution in [-0.4, -0.2) is 15.3 Å². The first kappa shape index (κ1) is 13.5. The Bertz CT molecular complexity index is 648. The number of carboxylic acids is 1. The SMILES string of the molecule is Cc1cc(F)ccc1CS(=O)c1ccc(C(=O)O)o1. The van der Waals surface area contributed by atoms with E-state index in [1.54, 1.807) is 13.0 Å². The minimum atomic E-state index is -1.50. The monoisotopic (exact) mass is 282 g/mol. The Hall–Kier alpha value is -1.95. The first-order valence-corrected chi connectivity index (χ1v) is 6.76. The number of aryl methyl sites for hydroxylation is 1. The fraction of sp³-hybridized carbons (Fsp3) is 0.154. The zero-order valence-corrected chi connectivity index (χ0v) is 10.9. The lowest BCUT2D eigenvalue weighted by Crippen LogP contribution is -1.98. The molecule has 0 radical (unpaired) electrons. The normalized spacial score (nSPS) is 12.3. The van der Waals surface area contributed by atoms with E-state index in [0.717, 1.165) is 5.56 Å². The highest BCUT2D eigenvalue weighted by Crippen LogP contribution is 2.18. The highest BCUT2D eigenvalue weighted by atomic mass is 32.2. The van der Waals surface area contributed by atoms with Crippen molar-refractivity contribution in [2.24, 2.45) is 0 Å². The number of carboxylic acid groups (broad SMARTS) is 1. The van der Waals surface area contributed by atoms with Gasteiger partial charge in [-0.25, -0.2) is 9.18 Å². The summed E-state index contributed by atoms with van der Waals surface area (Å²) in [4.78, 5) is 10.7. The van der Waals surface area contributed by atoms with Crippen LogP contribution in [0.4, 0.5) is 4.39 Å². The molecule has 1 N–H and O–H groups in total. The maximum Gasteiger partial charge on any atom is 0.371 e. The zero-order chi connectivity index (χ0) is 14.0. The molecule has 0 fully saturated rings. The molecular formula is C13H11FO4S. The average Bonchev–Trinajstić information content (AvgIpc) is 2.82. The highest BCUT2D eigenvalue weighted by molar-refractivity contribution is 7.84. The van der Waals surface area contributed by atoms with E-state index in [9.17, 15) is 13.4 Å². The van der Waals surface area contributed by atoms with Gasteiger partial charge in [0.25, 0.3) is 0 Å². The van der Waals surface area contributed by atoms with Gasteiger partial charge in [-0.3, -0.25) is 4.21 Å². The largest absolute Gasteiger partial charge is 0.475 e. The number of furan rings is 1. The second-order valence-corrected chi connectivity index (χ2v) is 5.37. The molecule has 0 aliphatic carbocycles. The van der Waals surface area contributed by atoms with Crippen LogP contribution in [0.3, 0.4) is 0 Å².